The number of hydrogen-bond acceptors (Lipinski definition) is 3. The average Bonchev–Trinajstić information content (AvgIpc) is 3.15. The third kappa shape index (κ3) is 2.31. The van der Waals surface area contributed by atoms with Crippen molar-refractivity contribution in [3.63, 3.8) is 0 Å². The number of fused-ring (bicyclic) bond motifs is 3. The van der Waals surface area contributed by atoms with Crippen LogP contribution in [0.3, 0.4) is 0 Å². The quantitative estimate of drug-likeness (QED) is 0.562. The largest absolute Gasteiger partial charge is 0.332 e. The number of benzene rings is 1. The van der Waals surface area contributed by atoms with E-state index in [2.05, 4.69) is 4.98 Å². The fourth-order valence-corrected chi connectivity index (χ4v) is 3.53. The van der Waals surface area contributed by atoms with Crippen LogP contribution in [0, 0.1) is 6.92 Å². The van der Waals surface area contributed by atoms with Crippen molar-refractivity contribution >= 4 is 16.9 Å². The fourth-order valence-electron chi connectivity index (χ4n) is 3.53. The molecule has 1 aromatic carbocycles. The third-order valence-corrected chi connectivity index (χ3v) is 4.92. The van der Waals surface area contributed by atoms with Crippen molar-refractivity contribution in [2.45, 2.75) is 33.4 Å². The lowest BCUT2D eigenvalue weighted by atomic mass is 10.1. The molecule has 0 aliphatic heterocycles. The van der Waals surface area contributed by atoms with E-state index in [0.29, 0.717) is 29.9 Å². The number of aryl methyl sites for hydroxylation is 4. The summed E-state index contributed by atoms with van der Waals surface area (Å²) in [4.78, 5) is 30.4. The van der Waals surface area contributed by atoms with Gasteiger partial charge in [-0.3, -0.25) is 18.3 Å². The van der Waals surface area contributed by atoms with Crippen LogP contribution in [0.1, 0.15) is 18.2 Å². The monoisotopic (exact) mass is 351 g/mol. The fraction of sp³-hybridized carbons (Fsp3) is 0.316. The second-order valence-corrected chi connectivity index (χ2v) is 6.50. The highest BCUT2D eigenvalue weighted by atomic mass is 16.2. The van der Waals surface area contributed by atoms with E-state index in [9.17, 15) is 9.59 Å². The van der Waals surface area contributed by atoms with Crippen molar-refractivity contribution in [1.29, 1.82) is 0 Å². The Labute approximate surface area is 149 Å². The molecule has 0 N–H and O–H groups in total. The van der Waals surface area contributed by atoms with Gasteiger partial charge in [-0.25, -0.2) is 4.79 Å². The van der Waals surface area contributed by atoms with E-state index in [1.807, 2.05) is 54.9 Å². The molecular weight excluding hydrogens is 330 g/mol. The molecule has 3 aromatic heterocycles. The first-order chi connectivity index (χ1) is 12.5. The van der Waals surface area contributed by atoms with Gasteiger partial charge in [-0.2, -0.15) is 4.98 Å². The Hall–Kier alpha value is -3.09. The molecule has 0 aliphatic carbocycles. The Morgan fingerprint density at radius 3 is 2.50 bits per heavy atom. The highest BCUT2D eigenvalue weighted by Crippen LogP contribution is 2.15. The molecule has 26 heavy (non-hydrogen) atoms. The summed E-state index contributed by atoms with van der Waals surface area (Å²) in [6, 6.07) is 9.85. The molecule has 0 unspecified atom stereocenters. The molecule has 4 rings (SSSR count). The van der Waals surface area contributed by atoms with E-state index in [1.165, 1.54) is 9.13 Å². The summed E-state index contributed by atoms with van der Waals surface area (Å²) in [6.07, 6.45) is 2.53. The minimum atomic E-state index is -0.334. The SMILES string of the molecule is CCn1c(C)cn2c3c(=O)n(CCc4ccccc4)c(=O)n(C)c3nc12. The van der Waals surface area contributed by atoms with Gasteiger partial charge in [0.1, 0.15) is 0 Å². The summed E-state index contributed by atoms with van der Waals surface area (Å²) in [5.41, 5.74) is 2.37. The second-order valence-electron chi connectivity index (χ2n) is 6.50. The lowest BCUT2D eigenvalue weighted by Gasteiger charge is -2.08. The Bertz CT molecular complexity index is 1220. The minimum Gasteiger partial charge on any atom is -0.314 e. The predicted molar refractivity (Wildman–Crippen MR) is 101 cm³/mol. The lowest BCUT2D eigenvalue weighted by molar-refractivity contribution is 0.602. The van der Waals surface area contributed by atoms with Crippen LogP contribution >= 0.6 is 0 Å². The van der Waals surface area contributed by atoms with Crippen LogP contribution in [-0.4, -0.2) is 23.1 Å². The first-order valence-electron chi connectivity index (χ1n) is 8.74. The molecule has 0 fully saturated rings. The Morgan fingerprint density at radius 1 is 1.08 bits per heavy atom. The standard InChI is InChI=1S/C19H21N5O2/c1-4-22-13(2)12-24-15-16(20-18(22)24)21(3)19(26)23(17(15)25)11-10-14-8-6-5-7-9-14/h5-9,12H,4,10-11H2,1-3H3. The maximum atomic E-state index is 13.1. The first-order valence-corrected chi connectivity index (χ1v) is 8.74. The van der Waals surface area contributed by atoms with Gasteiger partial charge in [0.15, 0.2) is 11.2 Å². The summed E-state index contributed by atoms with van der Waals surface area (Å²) in [5.74, 6) is 0.688. The van der Waals surface area contributed by atoms with Crippen molar-refractivity contribution in [2.75, 3.05) is 0 Å². The Balaban J connectivity index is 1.92. The summed E-state index contributed by atoms with van der Waals surface area (Å²) in [5, 5.41) is 0. The van der Waals surface area contributed by atoms with Crippen LogP contribution in [0.2, 0.25) is 0 Å². The molecular formula is C19H21N5O2. The van der Waals surface area contributed by atoms with Gasteiger partial charge in [-0.05, 0) is 25.8 Å². The molecule has 7 nitrogen and oxygen atoms in total. The molecule has 4 aromatic rings. The lowest BCUT2D eigenvalue weighted by Crippen LogP contribution is -2.39. The normalized spacial score (nSPS) is 11.7. The van der Waals surface area contributed by atoms with Crippen molar-refractivity contribution in [2.24, 2.45) is 7.05 Å². The third-order valence-electron chi connectivity index (χ3n) is 4.92. The van der Waals surface area contributed by atoms with Crippen molar-refractivity contribution in [3.8, 4) is 0 Å². The molecule has 0 aliphatic rings. The van der Waals surface area contributed by atoms with Gasteiger partial charge in [0.05, 0.1) is 0 Å². The van der Waals surface area contributed by atoms with E-state index in [4.69, 9.17) is 0 Å². The van der Waals surface area contributed by atoms with E-state index in [1.54, 1.807) is 11.4 Å². The average molecular weight is 351 g/mol. The number of nitrogens with zero attached hydrogens (tertiary/aromatic N) is 5. The number of hydrogen-bond donors (Lipinski definition) is 0. The van der Waals surface area contributed by atoms with Gasteiger partial charge in [0, 0.05) is 32.0 Å². The Morgan fingerprint density at radius 2 is 1.81 bits per heavy atom. The van der Waals surface area contributed by atoms with Gasteiger partial charge >= 0.3 is 5.69 Å². The van der Waals surface area contributed by atoms with Crippen LogP contribution < -0.4 is 11.2 Å². The molecule has 0 saturated carbocycles. The van der Waals surface area contributed by atoms with E-state index in [0.717, 1.165) is 17.8 Å². The van der Waals surface area contributed by atoms with Crippen molar-refractivity contribution in [3.05, 3.63) is 68.6 Å². The number of imidazole rings is 2. The zero-order valence-electron chi connectivity index (χ0n) is 15.1. The maximum Gasteiger partial charge on any atom is 0.332 e. The highest BCUT2D eigenvalue weighted by molar-refractivity contribution is 5.75. The van der Waals surface area contributed by atoms with Gasteiger partial charge < -0.3 is 4.57 Å². The van der Waals surface area contributed by atoms with Gasteiger partial charge in [0.25, 0.3) is 5.56 Å². The topological polar surface area (TPSA) is 66.2 Å². The van der Waals surface area contributed by atoms with Crippen LogP contribution in [0.15, 0.2) is 46.1 Å². The highest BCUT2D eigenvalue weighted by Gasteiger charge is 2.19. The molecule has 7 heteroatoms. The summed E-state index contributed by atoms with van der Waals surface area (Å²) < 4.78 is 6.60. The van der Waals surface area contributed by atoms with E-state index >= 15 is 0 Å². The summed E-state index contributed by atoms with van der Waals surface area (Å²) in [7, 11) is 1.67. The van der Waals surface area contributed by atoms with Gasteiger partial charge in [0.2, 0.25) is 5.78 Å². The van der Waals surface area contributed by atoms with E-state index in [-0.39, 0.29) is 11.2 Å². The molecule has 0 amide bonds. The molecule has 0 radical (unpaired) electrons. The van der Waals surface area contributed by atoms with Crippen LogP contribution in [0.5, 0.6) is 0 Å². The molecule has 0 bridgehead atoms. The molecule has 0 spiro atoms. The summed E-state index contributed by atoms with van der Waals surface area (Å²) >= 11 is 0. The van der Waals surface area contributed by atoms with E-state index < -0.39 is 0 Å². The predicted octanol–water partition coefficient (Wildman–Crippen LogP) is 1.72. The van der Waals surface area contributed by atoms with Crippen LogP contribution in [0.25, 0.3) is 16.9 Å². The van der Waals surface area contributed by atoms with Crippen molar-refractivity contribution in [1.82, 2.24) is 23.1 Å². The number of rotatable bonds is 4. The molecule has 134 valence electrons. The first kappa shape index (κ1) is 16.4. The Kier molecular flexibility index (Phi) is 3.79. The van der Waals surface area contributed by atoms with Gasteiger partial charge in [-0.15, -0.1) is 0 Å². The molecule has 3 heterocycles. The maximum absolute atomic E-state index is 13.1. The minimum absolute atomic E-state index is 0.292. The second kappa shape index (κ2) is 6.01. The van der Waals surface area contributed by atoms with Crippen LogP contribution in [0.4, 0.5) is 0 Å². The zero-order chi connectivity index (χ0) is 18.4. The number of aromatic nitrogens is 5. The van der Waals surface area contributed by atoms with Gasteiger partial charge in [-0.1, -0.05) is 30.3 Å². The molecule has 0 atom stereocenters. The molecule has 0 saturated heterocycles. The smallest absolute Gasteiger partial charge is 0.314 e. The van der Waals surface area contributed by atoms with Crippen molar-refractivity contribution < 1.29 is 0 Å². The van der Waals surface area contributed by atoms with Crippen LogP contribution in [-0.2, 0) is 26.6 Å². The summed E-state index contributed by atoms with van der Waals surface area (Å²) in [6.45, 7) is 5.11. The zero-order valence-corrected chi connectivity index (χ0v) is 15.1.